The van der Waals surface area contributed by atoms with Gasteiger partial charge in [-0.3, -0.25) is 0 Å². The fourth-order valence-corrected chi connectivity index (χ4v) is 1.31. The Labute approximate surface area is 102 Å². The first-order valence-corrected chi connectivity index (χ1v) is 5.63. The van der Waals surface area contributed by atoms with Crippen molar-refractivity contribution in [3.63, 3.8) is 0 Å². The van der Waals surface area contributed by atoms with Crippen LogP contribution in [-0.4, -0.2) is 17.6 Å². The van der Waals surface area contributed by atoms with Crippen molar-refractivity contribution >= 4 is 17.3 Å². The molecule has 94 valence electrons. The van der Waals surface area contributed by atoms with E-state index in [1.165, 1.54) is 0 Å². The Morgan fingerprint density at radius 2 is 1.94 bits per heavy atom. The van der Waals surface area contributed by atoms with Gasteiger partial charge in [0.05, 0.1) is 11.4 Å². The second kappa shape index (κ2) is 5.08. The molecule has 4 heteroatoms. The SMILES string of the molecule is C[C@H](Nc1ccccc1N)C(=O)OC(C)(C)C. The Hall–Kier alpha value is -1.71. The van der Waals surface area contributed by atoms with E-state index in [2.05, 4.69) is 5.32 Å². The van der Waals surface area contributed by atoms with E-state index in [1.807, 2.05) is 39.0 Å². The highest BCUT2D eigenvalue weighted by molar-refractivity contribution is 5.81. The highest BCUT2D eigenvalue weighted by Gasteiger charge is 2.21. The molecule has 0 unspecified atom stereocenters. The second-order valence-corrected chi connectivity index (χ2v) is 4.99. The van der Waals surface area contributed by atoms with Crippen LogP contribution in [0.3, 0.4) is 0 Å². The first-order chi connectivity index (χ1) is 7.79. The minimum Gasteiger partial charge on any atom is -0.458 e. The number of rotatable bonds is 3. The third-order valence-electron chi connectivity index (χ3n) is 2.09. The molecule has 0 aliphatic heterocycles. The Morgan fingerprint density at radius 3 is 2.47 bits per heavy atom. The number of para-hydroxylation sites is 2. The summed E-state index contributed by atoms with van der Waals surface area (Å²) in [5.74, 6) is -0.291. The smallest absolute Gasteiger partial charge is 0.328 e. The number of esters is 1. The number of hydrogen-bond donors (Lipinski definition) is 2. The number of carbonyl (C=O) groups excluding carboxylic acids is 1. The van der Waals surface area contributed by atoms with Crippen LogP contribution in [0.1, 0.15) is 27.7 Å². The molecule has 0 spiro atoms. The molecule has 1 rings (SSSR count). The summed E-state index contributed by atoms with van der Waals surface area (Å²) in [6.45, 7) is 7.28. The molecule has 3 N–H and O–H groups in total. The highest BCUT2D eigenvalue weighted by Crippen LogP contribution is 2.18. The third kappa shape index (κ3) is 4.34. The number of nitrogens with one attached hydrogen (secondary N) is 1. The van der Waals surface area contributed by atoms with Crippen LogP contribution in [0, 0.1) is 0 Å². The van der Waals surface area contributed by atoms with Gasteiger partial charge in [0.25, 0.3) is 0 Å². The van der Waals surface area contributed by atoms with E-state index in [4.69, 9.17) is 10.5 Å². The summed E-state index contributed by atoms with van der Waals surface area (Å²) in [4.78, 5) is 11.7. The van der Waals surface area contributed by atoms with E-state index in [0.29, 0.717) is 5.69 Å². The minimum absolute atomic E-state index is 0.291. The van der Waals surface area contributed by atoms with Gasteiger partial charge in [-0.05, 0) is 39.8 Å². The standard InChI is InChI=1S/C13H20N2O2/c1-9(12(16)17-13(2,3)4)15-11-8-6-5-7-10(11)14/h5-9,15H,14H2,1-4H3/t9-/m0/s1. The molecule has 0 aromatic heterocycles. The van der Waals surface area contributed by atoms with Gasteiger partial charge >= 0.3 is 5.97 Å². The predicted octanol–water partition coefficient (Wildman–Crippen LogP) is 2.41. The Balaban J connectivity index is 2.64. The summed E-state index contributed by atoms with van der Waals surface area (Å²) in [7, 11) is 0. The summed E-state index contributed by atoms with van der Waals surface area (Å²) >= 11 is 0. The maximum atomic E-state index is 11.7. The first-order valence-electron chi connectivity index (χ1n) is 5.63. The number of anilines is 2. The lowest BCUT2D eigenvalue weighted by Gasteiger charge is -2.23. The maximum Gasteiger partial charge on any atom is 0.328 e. The molecule has 0 radical (unpaired) electrons. The summed E-state index contributed by atoms with van der Waals surface area (Å²) in [6.07, 6.45) is 0. The molecule has 0 aliphatic carbocycles. The van der Waals surface area contributed by atoms with Crippen LogP contribution >= 0.6 is 0 Å². The fraction of sp³-hybridized carbons (Fsp3) is 0.462. The predicted molar refractivity (Wildman–Crippen MR) is 69.8 cm³/mol. The van der Waals surface area contributed by atoms with Crippen LogP contribution in [0.15, 0.2) is 24.3 Å². The van der Waals surface area contributed by atoms with Crippen molar-refractivity contribution in [1.82, 2.24) is 0 Å². The average molecular weight is 236 g/mol. The van der Waals surface area contributed by atoms with Crippen LogP contribution in [0.25, 0.3) is 0 Å². The van der Waals surface area contributed by atoms with Gasteiger partial charge in [-0.1, -0.05) is 12.1 Å². The van der Waals surface area contributed by atoms with Crippen LogP contribution in [0.4, 0.5) is 11.4 Å². The zero-order chi connectivity index (χ0) is 13.1. The normalized spacial score (nSPS) is 12.9. The van der Waals surface area contributed by atoms with E-state index in [9.17, 15) is 4.79 Å². The Kier molecular flexibility index (Phi) is 3.99. The van der Waals surface area contributed by atoms with Crippen molar-refractivity contribution in [3.05, 3.63) is 24.3 Å². The van der Waals surface area contributed by atoms with Gasteiger partial charge in [0.1, 0.15) is 11.6 Å². The van der Waals surface area contributed by atoms with Gasteiger partial charge in [-0.15, -0.1) is 0 Å². The van der Waals surface area contributed by atoms with E-state index in [1.54, 1.807) is 13.0 Å². The van der Waals surface area contributed by atoms with Crippen molar-refractivity contribution in [2.45, 2.75) is 39.3 Å². The van der Waals surface area contributed by atoms with Gasteiger partial charge in [0.2, 0.25) is 0 Å². The van der Waals surface area contributed by atoms with E-state index in [-0.39, 0.29) is 5.97 Å². The first kappa shape index (κ1) is 13.4. The molecule has 0 saturated carbocycles. The molecule has 1 aromatic rings. The molecule has 17 heavy (non-hydrogen) atoms. The van der Waals surface area contributed by atoms with Gasteiger partial charge < -0.3 is 15.8 Å². The molecule has 0 heterocycles. The summed E-state index contributed by atoms with van der Waals surface area (Å²) in [5.41, 5.74) is 6.66. The molecule has 0 amide bonds. The van der Waals surface area contributed by atoms with Crippen molar-refractivity contribution in [1.29, 1.82) is 0 Å². The van der Waals surface area contributed by atoms with Crippen molar-refractivity contribution in [2.24, 2.45) is 0 Å². The monoisotopic (exact) mass is 236 g/mol. The molecule has 0 aliphatic rings. The number of ether oxygens (including phenoxy) is 1. The lowest BCUT2D eigenvalue weighted by molar-refractivity contribution is -0.155. The zero-order valence-electron chi connectivity index (χ0n) is 10.8. The molecular weight excluding hydrogens is 216 g/mol. The minimum atomic E-state index is -0.477. The van der Waals surface area contributed by atoms with E-state index in [0.717, 1.165) is 5.69 Å². The molecule has 0 fully saturated rings. The highest BCUT2D eigenvalue weighted by atomic mass is 16.6. The Morgan fingerprint density at radius 1 is 1.35 bits per heavy atom. The fourth-order valence-electron chi connectivity index (χ4n) is 1.31. The molecule has 4 nitrogen and oxygen atoms in total. The van der Waals surface area contributed by atoms with Gasteiger partial charge in [0.15, 0.2) is 0 Å². The molecular formula is C13H20N2O2. The number of nitrogens with two attached hydrogens (primary N) is 1. The summed E-state index contributed by atoms with van der Waals surface area (Å²) < 4.78 is 5.27. The molecule has 0 bridgehead atoms. The average Bonchev–Trinajstić information content (AvgIpc) is 2.18. The molecule has 0 saturated heterocycles. The van der Waals surface area contributed by atoms with Crippen molar-refractivity contribution in [2.75, 3.05) is 11.1 Å². The quantitative estimate of drug-likeness (QED) is 0.625. The lowest BCUT2D eigenvalue weighted by atomic mass is 10.2. The van der Waals surface area contributed by atoms with E-state index >= 15 is 0 Å². The van der Waals surface area contributed by atoms with Crippen LogP contribution < -0.4 is 11.1 Å². The third-order valence-corrected chi connectivity index (χ3v) is 2.09. The lowest BCUT2D eigenvalue weighted by Crippen LogP contribution is -2.34. The second-order valence-electron chi connectivity index (χ2n) is 4.99. The topological polar surface area (TPSA) is 64.3 Å². The summed E-state index contributed by atoms with van der Waals surface area (Å²) in [6, 6.07) is 6.89. The molecule has 1 aromatic carbocycles. The van der Waals surface area contributed by atoms with E-state index < -0.39 is 11.6 Å². The largest absolute Gasteiger partial charge is 0.458 e. The zero-order valence-corrected chi connectivity index (χ0v) is 10.8. The van der Waals surface area contributed by atoms with Gasteiger partial charge in [0, 0.05) is 0 Å². The summed E-state index contributed by atoms with van der Waals surface area (Å²) in [5, 5.41) is 3.03. The molecule has 1 atom stereocenters. The number of carbonyl (C=O) groups is 1. The van der Waals surface area contributed by atoms with Crippen molar-refractivity contribution in [3.8, 4) is 0 Å². The number of hydrogen-bond acceptors (Lipinski definition) is 4. The number of nitrogen functional groups attached to an aromatic ring is 1. The van der Waals surface area contributed by atoms with Crippen molar-refractivity contribution < 1.29 is 9.53 Å². The van der Waals surface area contributed by atoms with Crippen LogP contribution in [0.2, 0.25) is 0 Å². The van der Waals surface area contributed by atoms with Crippen LogP contribution in [0.5, 0.6) is 0 Å². The van der Waals surface area contributed by atoms with Gasteiger partial charge in [-0.2, -0.15) is 0 Å². The number of benzene rings is 1. The Bertz CT molecular complexity index is 397. The maximum absolute atomic E-state index is 11.7. The van der Waals surface area contributed by atoms with Gasteiger partial charge in [-0.25, -0.2) is 4.79 Å². The van der Waals surface area contributed by atoms with Crippen LogP contribution in [-0.2, 0) is 9.53 Å².